The highest BCUT2D eigenvalue weighted by Crippen LogP contribution is 2.36. The predicted octanol–water partition coefficient (Wildman–Crippen LogP) is 5.74. The van der Waals surface area contributed by atoms with Gasteiger partial charge >= 0.3 is 6.18 Å². The lowest BCUT2D eigenvalue weighted by Gasteiger charge is -2.11. The van der Waals surface area contributed by atoms with Gasteiger partial charge < -0.3 is 5.32 Å². The zero-order valence-corrected chi connectivity index (χ0v) is 18.1. The number of hydrogen-bond donors (Lipinski definition) is 1. The van der Waals surface area contributed by atoms with E-state index in [0.717, 1.165) is 27.1 Å². The molecule has 0 bridgehead atoms. The molecular weight excluding hydrogens is 463 g/mol. The number of carbonyl (C=O) groups excluding carboxylic acids is 1. The second kappa shape index (κ2) is 8.40. The molecule has 2 aromatic carbocycles. The van der Waals surface area contributed by atoms with E-state index in [2.05, 4.69) is 10.3 Å². The number of alkyl halides is 3. The first-order chi connectivity index (χ1) is 15.1. The number of anilines is 1. The molecule has 0 atom stereocenters. The molecule has 0 aliphatic heterocycles. The highest BCUT2D eigenvalue weighted by molar-refractivity contribution is 7.19. The lowest BCUT2D eigenvalue weighted by atomic mass is 10.0. The third-order valence-electron chi connectivity index (χ3n) is 4.78. The van der Waals surface area contributed by atoms with Crippen molar-refractivity contribution in [1.82, 2.24) is 9.55 Å². The Kier molecular flexibility index (Phi) is 5.79. The summed E-state index contributed by atoms with van der Waals surface area (Å²) in [4.78, 5) is 31.3. The van der Waals surface area contributed by atoms with Crippen molar-refractivity contribution in [1.29, 1.82) is 0 Å². The van der Waals surface area contributed by atoms with Gasteiger partial charge in [-0.15, -0.1) is 11.3 Å². The number of rotatable bonds is 4. The molecule has 164 valence electrons. The molecule has 0 saturated carbocycles. The fourth-order valence-electron chi connectivity index (χ4n) is 3.34. The van der Waals surface area contributed by atoms with Gasteiger partial charge in [0.15, 0.2) is 0 Å². The number of benzene rings is 2. The number of hydrogen-bond acceptors (Lipinski definition) is 4. The molecule has 0 saturated heterocycles. The maximum absolute atomic E-state index is 13.2. The molecule has 32 heavy (non-hydrogen) atoms. The molecule has 0 spiro atoms. The van der Waals surface area contributed by atoms with E-state index in [4.69, 9.17) is 11.6 Å². The number of thiophene rings is 1. The van der Waals surface area contributed by atoms with Gasteiger partial charge in [-0.3, -0.25) is 14.2 Å². The Morgan fingerprint density at radius 2 is 1.91 bits per heavy atom. The third kappa shape index (κ3) is 4.39. The Balaban J connectivity index is 1.65. The van der Waals surface area contributed by atoms with Gasteiger partial charge in [0.1, 0.15) is 11.4 Å². The Bertz CT molecular complexity index is 1380. The van der Waals surface area contributed by atoms with Crippen LogP contribution in [0.15, 0.2) is 59.7 Å². The van der Waals surface area contributed by atoms with Crippen LogP contribution < -0.4 is 10.9 Å². The van der Waals surface area contributed by atoms with Crippen molar-refractivity contribution >= 4 is 44.7 Å². The summed E-state index contributed by atoms with van der Waals surface area (Å²) < 4.78 is 39.8. The Hall–Kier alpha value is -3.17. The van der Waals surface area contributed by atoms with Crippen LogP contribution in [-0.4, -0.2) is 15.5 Å². The van der Waals surface area contributed by atoms with Crippen LogP contribution in [0, 0.1) is 6.92 Å². The van der Waals surface area contributed by atoms with Gasteiger partial charge in [-0.2, -0.15) is 13.2 Å². The second-order valence-corrected chi connectivity index (χ2v) is 8.66. The molecule has 1 amide bonds. The van der Waals surface area contributed by atoms with Gasteiger partial charge in [-0.25, -0.2) is 4.98 Å². The summed E-state index contributed by atoms with van der Waals surface area (Å²) in [6, 6.07) is 11.3. The van der Waals surface area contributed by atoms with Crippen molar-refractivity contribution in [3.8, 4) is 11.1 Å². The summed E-state index contributed by atoms with van der Waals surface area (Å²) in [5, 5.41) is 3.34. The van der Waals surface area contributed by atoms with Crippen LogP contribution in [0.3, 0.4) is 0 Å². The van der Waals surface area contributed by atoms with Crippen LogP contribution in [0.25, 0.3) is 21.3 Å². The van der Waals surface area contributed by atoms with Gasteiger partial charge in [-0.05, 0) is 42.8 Å². The van der Waals surface area contributed by atoms with Gasteiger partial charge in [0, 0.05) is 21.2 Å². The van der Waals surface area contributed by atoms with Gasteiger partial charge in [0.2, 0.25) is 5.91 Å². The number of amides is 1. The number of aryl methyl sites for hydroxylation is 1. The maximum Gasteiger partial charge on any atom is 0.416 e. The number of halogens is 4. The predicted molar refractivity (Wildman–Crippen MR) is 119 cm³/mol. The fourth-order valence-corrected chi connectivity index (χ4v) is 4.47. The topological polar surface area (TPSA) is 64.0 Å². The zero-order chi connectivity index (χ0) is 23.0. The molecule has 0 aliphatic carbocycles. The molecule has 10 heteroatoms. The van der Waals surface area contributed by atoms with Crippen molar-refractivity contribution in [2.75, 3.05) is 5.32 Å². The van der Waals surface area contributed by atoms with Crippen molar-refractivity contribution in [2.24, 2.45) is 0 Å². The molecule has 0 radical (unpaired) electrons. The summed E-state index contributed by atoms with van der Waals surface area (Å²) in [5.74, 6) is -0.646. The van der Waals surface area contributed by atoms with Crippen molar-refractivity contribution < 1.29 is 18.0 Å². The lowest BCUT2D eigenvalue weighted by Crippen LogP contribution is -2.27. The number of fused-ring (bicyclic) bond motifs is 1. The van der Waals surface area contributed by atoms with Crippen LogP contribution >= 0.6 is 22.9 Å². The maximum atomic E-state index is 13.2. The molecular formula is C22H15ClF3N3O2S. The monoisotopic (exact) mass is 477 g/mol. The number of aromatic nitrogens is 2. The standard InChI is InChI=1S/C22H15ClF3N3O2S/c1-12-18(13-5-7-15(23)8-6-13)19-20(32-12)27-11-29(21(19)31)10-17(30)28-16-4-2-3-14(9-16)22(24,25)26/h2-9,11H,10H2,1H3,(H,28,30). The quantitative estimate of drug-likeness (QED) is 0.407. The third-order valence-corrected chi connectivity index (χ3v) is 6.04. The Labute approximate surface area is 189 Å². The van der Waals surface area contributed by atoms with Crippen molar-refractivity contribution in [3.05, 3.63) is 80.7 Å². The average molecular weight is 478 g/mol. The molecule has 0 aliphatic rings. The first kappa shape index (κ1) is 22.0. The van der Waals surface area contributed by atoms with E-state index in [1.807, 2.05) is 6.92 Å². The van der Waals surface area contributed by atoms with Crippen LogP contribution in [0.1, 0.15) is 10.4 Å². The SMILES string of the molecule is Cc1sc2ncn(CC(=O)Nc3cccc(C(F)(F)F)c3)c(=O)c2c1-c1ccc(Cl)cc1. The molecule has 4 rings (SSSR count). The highest BCUT2D eigenvalue weighted by atomic mass is 35.5. The van der Waals surface area contributed by atoms with Crippen molar-refractivity contribution in [3.63, 3.8) is 0 Å². The van der Waals surface area contributed by atoms with Crippen LogP contribution in [0.5, 0.6) is 0 Å². The Morgan fingerprint density at radius 1 is 1.19 bits per heavy atom. The number of carbonyl (C=O) groups is 1. The first-order valence-electron chi connectivity index (χ1n) is 9.35. The summed E-state index contributed by atoms with van der Waals surface area (Å²) in [5.41, 5.74) is 0.204. The average Bonchev–Trinajstić information content (AvgIpc) is 3.07. The van der Waals surface area contributed by atoms with E-state index in [-0.39, 0.29) is 5.69 Å². The fraction of sp³-hybridized carbons (Fsp3) is 0.136. The van der Waals surface area contributed by atoms with Gasteiger partial charge in [-0.1, -0.05) is 29.8 Å². The summed E-state index contributed by atoms with van der Waals surface area (Å²) in [6.07, 6.45) is -3.26. The summed E-state index contributed by atoms with van der Waals surface area (Å²) in [6.45, 7) is 1.48. The van der Waals surface area contributed by atoms with E-state index in [0.29, 0.717) is 20.8 Å². The highest BCUT2D eigenvalue weighted by Gasteiger charge is 2.30. The van der Waals surface area contributed by atoms with E-state index >= 15 is 0 Å². The number of nitrogens with one attached hydrogen (secondary N) is 1. The van der Waals surface area contributed by atoms with Crippen molar-refractivity contribution in [2.45, 2.75) is 19.6 Å². The molecule has 2 heterocycles. The molecule has 0 unspecified atom stereocenters. The second-order valence-electron chi connectivity index (χ2n) is 7.02. The molecule has 4 aromatic rings. The smallest absolute Gasteiger partial charge is 0.325 e. The molecule has 1 N–H and O–H groups in total. The van der Waals surface area contributed by atoms with Crippen LogP contribution in [0.4, 0.5) is 18.9 Å². The minimum Gasteiger partial charge on any atom is -0.325 e. The lowest BCUT2D eigenvalue weighted by molar-refractivity contribution is -0.137. The largest absolute Gasteiger partial charge is 0.416 e. The van der Waals surface area contributed by atoms with E-state index in [1.54, 1.807) is 24.3 Å². The van der Waals surface area contributed by atoms with Gasteiger partial charge in [0.25, 0.3) is 5.56 Å². The zero-order valence-electron chi connectivity index (χ0n) is 16.5. The Morgan fingerprint density at radius 3 is 2.59 bits per heavy atom. The van der Waals surface area contributed by atoms with E-state index in [9.17, 15) is 22.8 Å². The normalized spacial score (nSPS) is 11.7. The van der Waals surface area contributed by atoms with Crippen LogP contribution in [-0.2, 0) is 17.5 Å². The van der Waals surface area contributed by atoms with Gasteiger partial charge in [0.05, 0.1) is 17.3 Å². The van der Waals surface area contributed by atoms with E-state index < -0.39 is 29.8 Å². The minimum absolute atomic E-state index is 0.0138. The molecule has 0 fully saturated rings. The number of nitrogens with zero attached hydrogens (tertiary/aromatic N) is 2. The molecule has 5 nitrogen and oxygen atoms in total. The van der Waals surface area contributed by atoms with Crippen LogP contribution in [0.2, 0.25) is 5.02 Å². The first-order valence-corrected chi connectivity index (χ1v) is 10.5. The molecule has 2 aromatic heterocycles. The summed E-state index contributed by atoms with van der Waals surface area (Å²) >= 11 is 7.33. The summed E-state index contributed by atoms with van der Waals surface area (Å²) in [7, 11) is 0. The van der Waals surface area contributed by atoms with E-state index in [1.165, 1.54) is 29.8 Å². The minimum atomic E-state index is -4.53.